The second kappa shape index (κ2) is 11.6. The number of nitriles is 1. The number of methoxy groups -OCH3 is 1. The van der Waals surface area contributed by atoms with Gasteiger partial charge >= 0.3 is 6.16 Å². The first-order valence-corrected chi connectivity index (χ1v) is 15.1. The van der Waals surface area contributed by atoms with E-state index in [0.717, 1.165) is 16.7 Å². The molecule has 2 aromatic carbocycles. The lowest BCUT2D eigenvalue weighted by molar-refractivity contribution is -0.123. The lowest BCUT2D eigenvalue weighted by Crippen LogP contribution is -2.68. The molecule has 240 valence electrons. The van der Waals surface area contributed by atoms with E-state index in [1.165, 1.54) is 7.11 Å². The fraction of sp³-hybridized carbons (Fsp3) is 0.531. The molecule has 1 fully saturated rings. The van der Waals surface area contributed by atoms with Crippen molar-refractivity contribution in [1.82, 2.24) is 15.1 Å². The molecule has 0 aromatic heterocycles. The number of hydrogen-bond acceptors (Lipinski definition) is 12. The number of hydrogen-bond donors (Lipinski definition) is 3. The van der Waals surface area contributed by atoms with Gasteiger partial charge in [0, 0.05) is 40.9 Å². The smallest absolute Gasteiger partial charge is 0.504 e. The Labute approximate surface area is 261 Å². The maximum atomic E-state index is 12.8. The zero-order valence-corrected chi connectivity index (χ0v) is 26.3. The number of phenolic OH excluding ortho intramolecular Hbond substituents is 1. The summed E-state index contributed by atoms with van der Waals surface area (Å²) in [6.45, 7) is 7.16. The van der Waals surface area contributed by atoms with Gasteiger partial charge in [-0.05, 0) is 58.7 Å². The van der Waals surface area contributed by atoms with Crippen molar-refractivity contribution in [2.45, 2.75) is 76.8 Å². The summed E-state index contributed by atoms with van der Waals surface area (Å²) in [5.41, 5.74) is 10.3. The van der Waals surface area contributed by atoms with Crippen LogP contribution in [-0.2, 0) is 22.4 Å². The molecule has 6 atom stereocenters. The normalized spacial score (nSPS) is 25.2. The van der Waals surface area contributed by atoms with Crippen LogP contribution in [0.25, 0.3) is 0 Å². The minimum atomic E-state index is -0.859. The number of aryl methyl sites for hydroxylation is 1. The first kappa shape index (κ1) is 30.8. The largest absolute Gasteiger partial charge is 0.513 e. The molecule has 13 heteroatoms. The van der Waals surface area contributed by atoms with Gasteiger partial charge in [-0.25, -0.2) is 4.79 Å². The number of nitrogens with two attached hydrogens (primary N) is 1. The monoisotopic (exact) mass is 621 g/mol. The molecule has 0 saturated carbocycles. The van der Waals surface area contributed by atoms with Gasteiger partial charge in [0.1, 0.15) is 11.8 Å². The molecule has 6 rings (SSSR count). The Bertz CT molecular complexity index is 1600. The third kappa shape index (κ3) is 4.70. The van der Waals surface area contributed by atoms with Crippen molar-refractivity contribution in [2.75, 3.05) is 34.1 Å². The van der Waals surface area contributed by atoms with Gasteiger partial charge in [-0.2, -0.15) is 5.26 Å². The summed E-state index contributed by atoms with van der Waals surface area (Å²) in [6.07, 6.45) is -0.00657. The molecule has 4 N–H and O–H groups in total. The molecule has 4 aliphatic heterocycles. The molecule has 2 bridgehead atoms. The van der Waals surface area contributed by atoms with Gasteiger partial charge in [0.15, 0.2) is 23.0 Å². The molecular formula is C32H39N5O8. The van der Waals surface area contributed by atoms with Crippen LogP contribution in [0.3, 0.4) is 0 Å². The van der Waals surface area contributed by atoms with E-state index in [2.05, 4.69) is 21.2 Å². The van der Waals surface area contributed by atoms with Gasteiger partial charge in [0.2, 0.25) is 12.7 Å². The molecule has 1 amide bonds. The molecule has 0 aliphatic carbocycles. The molecule has 4 aliphatic rings. The van der Waals surface area contributed by atoms with Crippen molar-refractivity contribution in [2.24, 2.45) is 5.73 Å². The lowest BCUT2D eigenvalue weighted by Gasteiger charge is -2.60. The zero-order chi connectivity index (χ0) is 32.3. The van der Waals surface area contributed by atoms with Crippen LogP contribution >= 0.6 is 0 Å². The van der Waals surface area contributed by atoms with Crippen molar-refractivity contribution < 1.29 is 38.4 Å². The van der Waals surface area contributed by atoms with Crippen LogP contribution in [0.1, 0.15) is 59.3 Å². The Hall–Kier alpha value is -4.25. The molecule has 45 heavy (non-hydrogen) atoms. The van der Waals surface area contributed by atoms with E-state index in [-0.39, 0.29) is 49.4 Å². The van der Waals surface area contributed by atoms with Gasteiger partial charge in [-0.1, -0.05) is 6.07 Å². The molecule has 0 radical (unpaired) electrons. The predicted octanol–water partition coefficient (Wildman–Crippen LogP) is 2.52. The van der Waals surface area contributed by atoms with Crippen molar-refractivity contribution >= 4 is 12.1 Å². The number of nitrogens with zero attached hydrogens (tertiary/aromatic N) is 3. The van der Waals surface area contributed by atoms with E-state index in [1.54, 1.807) is 20.8 Å². The Balaban J connectivity index is 1.60. The summed E-state index contributed by atoms with van der Waals surface area (Å²) in [5.74, 6) is 1.32. The third-order valence-corrected chi connectivity index (χ3v) is 9.60. The van der Waals surface area contributed by atoms with Gasteiger partial charge in [0.25, 0.3) is 0 Å². The highest BCUT2D eigenvalue weighted by atomic mass is 16.7. The Morgan fingerprint density at radius 2 is 1.93 bits per heavy atom. The summed E-state index contributed by atoms with van der Waals surface area (Å²) in [7, 11) is 3.50. The van der Waals surface area contributed by atoms with Crippen molar-refractivity contribution in [3.05, 3.63) is 39.4 Å². The number of piperazine rings is 1. The van der Waals surface area contributed by atoms with E-state index in [0.29, 0.717) is 46.8 Å². The minimum absolute atomic E-state index is 0.0378. The Kier molecular flexibility index (Phi) is 7.93. The second-order valence-electron chi connectivity index (χ2n) is 12.1. The van der Waals surface area contributed by atoms with Crippen molar-refractivity contribution in [3.63, 3.8) is 0 Å². The number of carbonyl (C=O) groups excluding carboxylic acids is 2. The van der Waals surface area contributed by atoms with E-state index in [4.69, 9.17) is 29.4 Å². The number of fused-ring (bicyclic) bond motifs is 9. The maximum absolute atomic E-state index is 12.8. The van der Waals surface area contributed by atoms with E-state index in [9.17, 15) is 20.0 Å². The van der Waals surface area contributed by atoms with Crippen molar-refractivity contribution in [1.29, 1.82) is 5.26 Å². The highest BCUT2D eigenvalue weighted by Gasteiger charge is 2.57. The van der Waals surface area contributed by atoms with Crippen LogP contribution in [0.5, 0.6) is 28.7 Å². The number of likely N-dealkylation sites (N-methyl/N-ethyl adjacent to an activating group) is 1. The molecule has 1 saturated heterocycles. The first-order valence-electron chi connectivity index (χ1n) is 15.1. The topological polar surface area (TPSA) is 169 Å². The number of carbonyl (C=O) groups is 2. The minimum Gasteiger partial charge on any atom is -0.504 e. The standard InChI is InChI=1S/C32H39N5O8/c1-7-42-32(40)45-28-15(3)29-30(44-13-43-29)24-18(28)10-20-25-23-17(8-14(2)27(41-6)26(23)38)9-19(36(25)5)21(11-33)37(20)22(24)12-35-31(39)16(4)34/h8,16,19-22,25,38H,7,9-10,12-13,34H2,1-6H3,(H,35,39)/t16-,19-,20?,21-,22-,25-/m0/s1. The zero-order valence-electron chi connectivity index (χ0n) is 26.3. The summed E-state index contributed by atoms with van der Waals surface area (Å²) in [4.78, 5) is 29.8. The van der Waals surface area contributed by atoms with Crippen LogP contribution in [0.2, 0.25) is 0 Å². The molecule has 2 aromatic rings. The highest BCUT2D eigenvalue weighted by Crippen LogP contribution is 2.58. The fourth-order valence-electron chi connectivity index (χ4n) is 7.76. The summed E-state index contributed by atoms with van der Waals surface area (Å²) in [6, 6.07) is 1.64. The van der Waals surface area contributed by atoms with E-state index < -0.39 is 30.3 Å². The summed E-state index contributed by atoms with van der Waals surface area (Å²) >= 11 is 0. The highest BCUT2D eigenvalue weighted by molar-refractivity contribution is 5.81. The average Bonchev–Trinajstić information content (AvgIpc) is 3.49. The molecule has 0 spiro atoms. The van der Waals surface area contributed by atoms with Gasteiger partial charge < -0.3 is 39.8 Å². The van der Waals surface area contributed by atoms with Gasteiger partial charge in [-0.3, -0.25) is 14.6 Å². The predicted molar refractivity (Wildman–Crippen MR) is 160 cm³/mol. The number of aromatic hydroxyl groups is 1. The van der Waals surface area contributed by atoms with Crippen LogP contribution in [0.15, 0.2) is 6.07 Å². The number of amides is 1. The summed E-state index contributed by atoms with van der Waals surface area (Å²) < 4.78 is 28.5. The van der Waals surface area contributed by atoms with Crippen LogP contribution < -0.4 is 30.0 Å². The number of rotatable bonds is 6. The number of nitrogens with one attached hydrogen (secondary N) is 1. The van der Waals surface area contributed by atoms with Gasteiger partial charge in [0.05, 0.1) is 37.9 Å². The number of ether oxygens (including phenoxy) is 5. The quantitative estimate of drug-likeness (QED) is 0.319. The molecule has 13 nitrogen and oxygen atoms in total. The molecule has 4 heterocycles. The second-order valence-corrected chi connectivity index (χ2v) is 12.1. The molecule has 1 unspecified atom stereocenters. The Morgan fingerprint density at radius 3 is 2.60 bits per heavy atom. The lowest BCUT2D eigenvalue weighted by atomic mass is 9.71. The van der Waals surface area contributed by atoms with Crippen LogP contribution in [0.4, 0.5) is 4.79 Å². The number of benzene rings is 2. The average molecular weight is 622 g/mol. The van der Waals surface area contributed by atoms with E-state index >= 15 is 0 Å². The van der Waals surface area contributed by atoms with Gasteiger partial charge in [-0.15, -0.1) is 0 Å². The SMILES string of the molecule is CCOC(=O)Oc1c(C)c2c(c3c1CC1[C@H]4c5c(cc(C)c(OC)c5O)C[C@@H]([C@H](C#N)N1[C@H]3CNC(=O)[C@H](C)N)N4C)OCO2. The third-order valence-electron chi connectivity index (χ3n) is 9.60. The number of phenols is 1. The molecular weight excluding hydrogens is 582 g/mol. The maximum Gasteiger partial charge on any atom is 0.513 e. The van der Waals surface area contributed by atoms with Crippen molar-refractivity contribution in [3.8, 4) is 34.8 Å². The summed E-state index contributed by atoms with van der Waals surface area (Å²) in [5, 5.41) is 25.4. The van der Waals surface area contributed by atoms with E-state index in [1.807, 2.05) is 20.0 Å². The van der Waals surface area contributed by atoms with Crippen LogP contribution in [-0.4, -0.2) is 85.2 Å². The Morgan fingerprint density at radius 1 is 1.20 bits per heavy atom. The first-order chi connectivity index (χ1) is 21.5. The van der Waals surface area contributed by atoms with Crippen LogP contribution in [0, 0.1) is 25.2 Å². The fourth-order valence-corrected chi connectivity index (χ4v) is 7.76.